The Bertz CT molecular complexity index is 805. The van der Waals surface area contributed by atoms with Crippen LogP contribution in [0, 0.1) is 0 Å². The molecule has 5 heteroatoms. The standard InChI is InChI=1S/C29H42N2O3/c1-30(2)21-11-3-4-12-22-33-28-19-17-27(18-20-28)31(23-25-13-7-5-8-14-25)29(32)34-24-26-15-9-6-10-16-26/h5-10,13-16,27-28H,3-4,11-12,17-24H2,1-2H3. The molecular formula is C29H42N2O3. The highest BCUT2D eigenvalue weighted by Gasteiger charge is 2.30. The number of hydrogen-bond donors (Lipinski definition) is 0. The van der Waals surface area contributed by atoms with Crippen LogP contribution in [0.25, 0.3) is 0 Å². The number of hydrogen-bond acceptors (Lipinski definition) is 4. The van der Waals surface area contributed by atoms with Gasteiger partial charge in [-0.15, -0.1) is 0 Å². The molecule has 0 atom stereocenters. The fraction of sp³-hybridized carbons (Fsp3) is 0.552. The van der Waals surface area contributed by atoms with Gasteiger partial charge in [-0.3, -0.25) is 0 Å². The van der Waals surface area contributed by atoms with Crippen molar-refractivity contribution < 1.29 is 14.3 Å². The van der Waals surface area contributed by atoms with Gasteiger partial charge in [0.2, 0.25) is 0 Å². The number of carbonyl (C=O) groups is 1. The Morgan fingerprint density at radius 1 is 0.824 bits per heavy atom. The molecule has 1 amide bonds. The first-order chi connectivity index (χ1) is 16.6. The fourth-order valence-electron chi connectivity index (χ4n) is 4.58. The number of unbranched alkanes of at least 4 members (excludes halogenated alkanes) is 3. The zero-order valence-electron chi connectivity index (χ0n) is 21.0. The van der Waals surface area contributed by atoms with Gasteiger partial charge in [-0.2, -0.15) is 0 Å². The van der Waals surface area contributed by atoms with Gasteiger partial charge in [0.25, 0.3) is 0 Å². The Kier molecular flexibility index (Phi) is 11.4. The van der Waals surface area contributed by atoms with Crippen molar-refractivity contribution in [2.24, 2.45) is 0 Å². The van der Waals surface area contributed by atoms with E-state index >= 15 is 0 Å². The van der Waals surface area contributed by atoms with Crippen LogP contribution in [-0.2, 0) is 22.6 Å². The third kappa shape index (κ3) is 9.47. The molecule has 2 aromatic rings. The van der Waals surface area contributed by atoms with E-state index in [0.717, 1.165) is 56.4 Å². The minimum absolute atomic E-state index is 0.189. The second-order valence-electron chi connectivity index (χ2n) is 9.67. The van der Waals surface area contributed by atoms with Crippen LogP contribution in [0.3, 0.4) is 0 Å². The number of rotatable bonds is 13. The molecule has 34 heavy (non-hydrogen) atoms. The fourth-order valence-corrected chi connectivity index (χ4v) is 4.58. The molecule has 186 valence electrons. The van der Waals surface area contributed by atoms with Crippen molar-refractivity contribution in [3.05, 3.63) is 71.8 Å². The first-order valence-electron chi connectivity index (χ1n) is 12.9. The molecule has 0 aromatic heterocycles. The molecule has 1 fully saturated rings. The van der Waals surface area contributed by atoms with E-state index in [0.29, 0.717) is 19.3 Å². The van der Waals surface area contributed by atoms with Gasteiger partial charge in [0.05, 0.1) is 6.10 Å². The summed E-state index contributed by atoms with van der Waals surface area (Å²) in [4.78, 5) is 17.3. The van der Waals surface area contributed by atoms with Crippen molar-refractivity contribution >= 4 is 6.09 Å². The highest BCUT2D eigenvalue weighted by molar-refractivity contribution is 5.68. The molecule has 0 bridgehead atoms. The number of amides is 1. The molecule has 2 aromatic carbocycles. The van der Waals surface area contributed by atoms with E-state index in [1.807, 2.05) is 53.4 Å². The molecule has 5 nitrogen and oxygen atoms in total. The summed E-state index contributed by atoms with van der Waals surface area (Å²) in [6.45, 7) is 2.90. The normalized spacial score (nSPS) is 18.1. The molecule has 0 heterocycles. The van der Waals surface area contributed by atoms with Gasteiger partial charge in [-0.05, 0) is 70.3 Å². The van der Waals surface area contributed by atoms with Gasteiger partial charge in [-0.1, -0.05) is 73.5 Å². The predicted octanol–water partition coefficient (Wildman–Crippen LogP) is 6.28. The van der Waals surface area contributed by atoms with Gasteiger partial charge in [0.15, 0.2) is 0 Å². The Morgan fingerprint density at radius 3 is 2.09 bits per heavy atom. The minimum atomic E-state index is -0.227. The van der Waals surface area contributed by atoms with Crippen molar-refractivity contribution in [2.75, 3.05) is 27.2 Å². The topological polar surface area (TPSA) is 42.0 Å². The summed E-state index contributed by atoms with van der Waals surface area (Å²) in [5.74, 6) is 0. The Hall–Kier alpha value is -2.37. The summed E-state index contributed by atoms with van der Waals surface area (Å²) in [5, 5.41) is 0. The average Bonchev–Trinajstić information content (AvgIpc) is 2.87. The van der Waals surface area contributed by atoms with Crippen LogP contribution in [0.5, 0.6) is 0 Å². The summed E-state index contributed by atoms with van der Waals surface area (Å²) in [7, 11) is 4.26. The number of carbonyl (C=O) groups excluding carboxylic acids is 1. The van der Waals surface area contributed by atoms with Crippen molar-refractivity contribution in [3.8, 4) is 0 Å². The number of benzene rings is 2. The van der Waals surface area contributed by atoms with E-state index in [2.05, 4.69) is 31.1 Å². The third-order valence-electron chi connectivity index (χ3n) is 6.57. The molecule has 0 radical (unpaired) electrons. The van der Waals surface area contributed by atoms with Crippen LogP contribution in [-0.4, -0.2) is 55.3 Å². The molecule has 1 aliphatic carbocycles. The van der Waals surface area contributed by atoms with Crippen molar-refractivity contribution in [1.29, 1.82) is 0 Å². The highest BCUT2D eigenvalue weighted by atomic mass is 16.6. The number of nitrogens with zero attached hydrogens (tertiary/aromatic N) is 2. The smallest absolute Gasteiger partial charge is 0.410 e. The van der Waals surface area contributed by atoms with Crippen molar-refractivity contribution in [2.45, 2.75) is 76.7 Å². The Balaban J connectivity index is 1.45. The van der Waals surface area contributed by atoms with Crippen LogP contribution in [0.4, 0.5) is 4.79 Å². The lowest BCUT2D eigenvalue weighted by atomic mass is 9.91. The lowest BCUT2D eigenvalue weighted by molar-refractivity contribution is 0.00195. The summed E-state index contributed by atoms with van der Waals surface area (Å²) in [5.41, 5.74) is 2.14. The zero-order chi connectivity index (χ0) is 24.0. The maximum Gasteiger partial charge on any atom is 0.410 e. The van der Waals surface area contributed by atoms with Crippen LogP contribution in [0.1, 0.15) is 62.5 Å². The minimum Gasteiger partial charge on any atom is -0.445 e. The average molecular weight is 467 g/mol. The van der Waals surface area contributed by atoms with Gasteiger partial charge in [0.1, 0.15) is 6.61 Å². The summed E-state index contributed by atoms with van der Waals surface area (Å²) in [6, 6.07) is 20.3. The van der Waals surface area contributed by atoms with Gasteiger partial charge >= 0.3 is 6.09 Å². The second kappa shape index (κ2) is 14.8. The molecule has 0 N–H and O–H groups in total. The monoisotopic (exact) mass is 466 g/mol. The van der Waals surface area contributed by atoms with Crippen LogP contribution < -0.4 is 0 Å². The Morgan fingerprint density at radius 2 is 1.44 bits per heavy atom. The Labute approximate surface area is 206 Å². The molecular weight excluding hydrogens is 424 g/mol. The van der Waals surface area contributed by atoms with E-state index < -0.39 is 0 Å². The highest BCUT2D eigenvalue weighted by Crippen LogP contribution is 2.27. The quantitative estimate of drug-likeness (QED) is 0.326. The van der Waals surface area contributed by atoms with Gasteiger partial charge < -0.3 is 19.3 Å². The predicted molar refractivity (Wildman–Crippen MR) is 138 cm³/mol. The number of ether oxygens (including phenoxy) is 2. The summed E-state index contributed by atoms with van der Waals surface area (Å²) < 4.78 is 11.9. The van der Waals surface area contributed by atoms with E-state index in [1.165, 1.54) is 19.3 Å². The largest absolute Gasteiger partial charge is 0.445 e. The third-order valence-corrected chi connectivity index (χ3v) is 6.57. The second-order valence-corrected chi connectivity index (χ2v) is 9.67. The van der Waals surface area contributed by atoms with E-state index in [-0.39, 0.29) is 12.1 Å². The first-order valence-corrected chi connectivity index (χ1v) is 12.9. The maximum atomic E-state index is 13.1. The van der Waals surface area contributed by atoms with E-state index in [1.54, 1.807) is 0 Å². The van der Waals surface area contributed by atoms with Gasteiger partial charge in [0, 0.05) is 19.2 Å². The van der Waals surface area contributed by atoms with Crippen molar-refractivity contribution in [1.82, 2.24) is 9.80 Å². The molecule has 0 aliphatic heterocycles. The van der Waals surface area contributed by atoms with Crippen LogP contribution in [0.2, 0.25) is 0 Å². The molecule has 1 saturated carbocycles. The summed E-state index contributed by atoms with van der Waals surface area (Å²) in [6.07, 6.45) is 8.92. The first kappa shape index (κ1) is 26.2. The lowest BCUT2D eigenvalue weighted by Gasteiger charge is -2.36. The van der Waals surface area contributed by atoms with Crippen LogP contribution >= 0.6 is 0 Å². The molecule has 0 unspecified atom stereocenters. The maximum absolute atomic E-state index is 13.1. The molecule has 0 saturated heterocycles. The SMILES string of the molecule is CN(C)CCCCCCOC1CCC(N(Cc2ccccc2)C(=O)OCc2ccccc2)CC1. The molecule has 0 spiro atoms. The van der Waals surface area contributed by atoms with Crippen molar-refractivity contribution in [3.63, 3.8) is 0 Å². The summed E-state index contributed by atoms with van der Waals surface area (Å²) >= 11 is 0. The lowest BCUT2D eigenvalue weighted by Crippen LogP contribution is -2.43. The van der Waals surface area contributed by atoms with E-state index in [4.69, 9.17) is 9.47 Å². The van der Waals surface area contributed by atoms with Gasteiger partial charge in [-0.25, -0.2) is 4.79 Å². The van der Waals surface area contributed by atoms with Crippen LogP contribution in [0.15, 0.2) is 60.7 Å². The van der Waals surface area contributed by atoms with E-state index in [9.17, 15) is 4.79 Å². The molecule has 1 aliphatic rings. The molecule has 3 rings (SSSR count). The zero-order valence-corrected chi connectivity index (χ0v) is 21.0.